The standard InChI is InChI=1S/C28H26FN7O2/c1-2-7-18(15-30)28(37)35-13-6-8-19(16-35)36-27-24(26(31)32-17-33-27)25(34-36)22-12-11-21(14-23(22)29)38-20-9-4-3-5-10-20/h3-5,7,9-12,14,17,19H,2,6,8,13,16H2,1H3,(H2,31,32,33)/b18-7+/t19-/m1/s1. The Hall–Kier alpha value is -4.78. The van der Waals surface area contributed by atoms with E-state index in [9.17, 15) is 10.1 Å². The molecule has 0 aliphatic carbocycles. The van der Waals surface area contributed by atoms with Crippen molar-refractivity contribution >= 4 is 22.8 Å². The summed E-state index contributed by atoms with van der Waals surface area (Å²) in [6.07, 6.45) is 5.02. The normalized spacial score (nSPS) is 15.9. The third kappa shape index (κ3) is 4.78. The second-order valence-corrected chi connectivity index (χ2v) is 8.99. The van der Waals surface area contributed by atoms with Gasteiger partial charge in [0.25, 0.3) is 5.91 Å². The molecule has 10 heteroatoms. The number of para-hydroxylation sites is 1. The van der Waals surface area contributed by atoms with Gasteiger partial charge in [-0.2, -0.15) is 10.4 Å². The molecule has 1 aliphatic heterocycles. The van der Waals surface area contributed by atoms with Gasteiger partial charge >= 0.3 is 0 Å². The topological polar surface area (TPSA) is 123 Å². The van der Waals surface area contributed by atoms with Crippen molar-refractivity contribution in [2.75, 3.05) is 18.8 Å². The second kappa shape index (κ2) is 10.7. The lowest BCUT2D eigenvalue weighted by Crippen LogP contribution is -2.41. The first-order chi connectivity index (χ1) is 18.5. The number of nitrogens with two attached hydrogens (primary N) is 1. The van der Waals surface area contributed by atoms with Gasteiger partial charge in [-0.1, -0.05) is 31.2 Å². The summed E-state index contributed by atoms with van der Waals surface area (Å²) in [7, 11) is 0. The summed E-state index contributed by atoms with van der Waals surface area (Å²) in [5.41, 5.74) is 7.36. The Bertz CT molecular complexity index is 1560. The third-order valence-electron chi connectivity index (χ3n) is 6.48. The number of rotatable bonds is 6. The summed E-state index contributed by atoms with van der Waals surface area (Å²) < 4.78 is 22.9. The quantitative estimate of drug-likeness (QED) is 0.284. The Morgan fingerprint density at radius 2 is 2.05 bits per heavy atom. The summed E-state index contributed by atoms with van der Waals surface area (Å²) >= 11 is 0. The molecule has 1 amide bonds. The number of allylic oxidation sites excluding steroid dienone is 1. The predicted octanol–water partition coefficient (Wildman–Crippen LogP) is 5.03. The lowest BCUT2D eigenvalue weighted by Gasteiger charge is -2.32. The molecule has 4 aromatic rings. The van der Waals surface area contributed by atoms with E-state index in [1.807, 2.05) is 31.2 Å². The van der Waals surface area contributed by atoms with Crippen molar-refractivity contribution in [2.24, 2.45) is 0 Å². The number of piperidine rings is 1. The fraction of sp³-hybridized carbons (Fsp3) is 0.250. The summed E-state index contributed by atoms with van der Waals surface area (Å²) in [5, 5.41) is 14.6. The lowest BCUT2D eigenvalue weighted by molar-refractivity contribution is -0.128. The number of hydrogen-bond acceptors (Lipinski definition) is 7. The van der Waals surface area contributed by atoms with E-state index in [0.717, 1.165) is 12.8 Å². The average molecular weight is 512 g/mol. The van der Waals surface area contributed by atoms with Crippen molar-refractivity contribution < 1.29 is 13.9 Å². The maximum atomic E-state index is 15.4. The van der Waals surface area contributed by atoms with Crippen LogP contribution in [0.5, 0.6) is 11.5 Å². The molecule has 0 unspecified atom stereocenters. The molecule has 1 fully saturated rings. The highest BCUT2D eigenvalue weighted by molar-refractivity contribution is 5.99. The maximum absolute atomic E-state index is 15.4. The van der Waals surface area contributed by atoms with Crippen molar-refractivity contribution in [3.63, 3.8) is 0 Å². The highest BCUT2D eigenvalue weighted by Gasteiger charge is 2.30. The number of anilines is 1. The zero-order chi connectivity index (χ0) is 26.6. The molecule has 0 spiro atoms. The van der Waals surface area contributed by atoms with Crippen LogP contribution in [-0.2, 0) is 4.79 Å². The fourth-order valence-corrected chi connectivity index (χ4v) is 4.71. The Morgan fingerprint density at radius 1 is 1.24 bits per heavy atom. The number of carbonyl (C=O) groups excluding carboxylic acids is 1. The third-order valence-corrected chi connectivity index (χ3v) is 6.48. The van der Waals surface area contributed by atoms with Crippen LogP contribution in [-0.4, -0.2) is 43.6 Å². The van der Waals surface area contributed by atoms with Crippen LogP contribution in [0.2, 0.25) is 0 Å². The average Bonchev–Trinajstić information content (AvgIpc) is 3.33. The summed E-state index contributed by atoms with van der Waals surface area (Å²) in [4.78, 5) is 23.1. The Labute approximate surface area is 219 Å². The molecule has 3 heterocycles. The van der Waals surface area contributed by atoms with Gasteiger partial charge < -0.3 is 15.4 Å². The number of ether oxygens (including phenoxy) is 1. The molecule has 0 radical (unpaired) electrons. The largest absolute Gasteiger partial charge is 0.457 e. The van der Waals surface area contributed by atoms with Crippen LogP contribution in [0.1, 0.15) is 32.2 Å². The Kier molecular flexibility index (Phi) is 7.00. The van der Waals surface area contributed by atoms with E-state index in [1.165, 1.54) is 12.4 Å². The first-order valence-corrected chi connectivity index (χ1v) is 12.4. The van der Waals surface area contributed by atoms with Gasteiger partial charge in [-0.25, -0.2) is 19.0 Å². The van der Waals surface area contributed by atoms with Crippen LogP contribution in [0.3, 0.4) is 0 Å². The number of likely N-dealkylation sites (tertiary alicyclic amines) is 1. The Morgan fingerprint density at radius 3 is 2.79 bits per heavy atom. The fourth-order valence-electron chi connectivity index (χ4n) is 4.71. The maximum Gasteiger partial charge on any atom is 0.264 e. The molecule has 1 aliphatic rings. The van der Waals surface area contributed by atoms with Crippen LogP contribution in [0.15, 0.2) is 66.5 Å². The molecule has 192 valence electrons. The van der Waals surface area contributed by atoms with Crippen LogP contribution in [0, 0.1) is 17.1 Å². The minimum atomic E-state index is -0.531. The molecule has 1 atom stereocenters. The van der Waals surface area contributed by atoms with Crippen LogP contribution in [0.4, 0.5) is 10.2 Å². The first-order valence-electron chi connectivity index (χ1n) is 12.4. The van der Waals surface area contributed by atoms with Gasteiger partial charge in [0.05, 0.1) is 11.4 Å². The molecular weight excluding hydrogens is 485 g/mol. The molecule has 9 nitrogen and oxygen atoms in total. The van der Waals surface area contributed by atoms with Crippen LogP contribution < -0.4 is 10.5 Å². The number of benzene rings is 2. The van der Waals surface area contributed by atoms with Crippen LogP contribution in [0.25, 0.3) is 22.3 Å². The van der Waals surface area contributed by atoms with Gasteiger partial charge in [-0.05, 0) is 43.5 Å². The highest BCUT2D eigenvalue weighted by Crippen LogP contribution is 2.36. The van der Waals surface area contributed by atoms with E-state index in [0.29, 0.717) is 47.7 Å². The number of nitrogen functional groups attached to an aromatic ring is 1. The summed E-state index contributed by atoms with van der Waals surface area (Å²) in [6.45, 7) is 2.76. The lowest BCUT2D eigenvalue weighted by atomic mass is 10.0. The second-order valence-electron chi connectivity index (χ2n) is 8.99. The molecular formula is C28H26FN7O2. The number of aromatic nitrogens is 4. The van der Waals surface area contributed by atoms with Gasteiger partial charge in [0.15, 0.2) is 5.65 Å². The van der Waals surface area contributed by atoms with E-state index >= 15 is 4.39 Å². The molecule has 1 saturated heterocycles. The van der Waals surface area contributed by atoms with Crippen molar-refractivity contribution in [3.8, 4) is 28.8 Å². The van der Waals surface area contributed by atoms with Crippen molar-refractivity contribution in [1.29, 1.82) is 5.26 Å². The van der Waals surface area contributed by atoms with Gasteiger partial charge in [-0.3, -0.25) is 4.79 Å². The van der Waals surface area contributed by atoms with E-state index in [1.54, 1.807) is 39.9 Å². The van der Waals surface area contributed by atoms with E-state index in [4.69, 9.17) is 15.6 Å². The number of hydrogen-bond donors (Lipinski definition) is 1. The predicted molar refractivity (Wildman–Crippen MR) is 140 cm³/mol. The number of carbonyl (C=O) groups is 1. The van der Waals surface area contributed by atoms with Gasteiger partial charge in [-0.15, -0.1) is 0 Å². The first kappa shape index (κ1) is 24.9. The number of halogens is 1. The molecule has 0 saturated carbocycles. The summed E-state index contributed by atoms with van der Waals surface area (Å²) in [5.74, 6) is 0.292. The molecule has 2 N–H and O–H groups in total. The van der Waals surface area contributed by atoms with E-state index in [2.05, 4.69) is 9.97 Å². The van der Waals surface area contributed by atoms with Gasteiger partial charge in [0.2, 0.25) is 0 Å². The van der Waals surface area contributed by atoms with Crippen LogP contribution >= 0.6 is 0 Å². The van der Waals surface area contributed by atoms with Gasteiger partial charge in [0.1, 0.15) is 46.8 Å². The molecule has 2 aromatic carbocycles. The number of nitriles is 1. The Balaban J connectivity index is 1.50. The van der Waals surface area contributed by atoms with Crippen molar-refractivity contribution in [1.82, 2.24) is 24.6 Å². The van der Waals surface area contributed by atoms with E-state index in [-0.39, 0.29) is 28.9 Å². The van der Waals surface area contributed by atoms with Gasteiger partial charge in [0, 0.05) is 24.7 Å². The van der Waals surface area contributed by atoms with Crippen molar-refractivity contribution in [2.45, 2.75) is 32.2 Å². The monoisotopic (exact) mass is 511 g/mol. The number of amides is 1. The van der Waals surface area contributed by atoms with E-state index < -0.39 is 5.82 Å². The summed E-state index contributed by atoms with van der Waals surface area (Å²) in [6, 6.07) is 15.5. The minimum absolute atomic E-state index is 0.130. The molecule has 0 bridgehead atoms. The smallest absolute Gasteiger partial charge is 0.264 e. The van der Waals surface area contributed by atoms with Crippen molar-refractivity contribution in [3.05, 3.63) is 72.3 Å². The zero-order valence-electron chi connectivity index (χ0n) is 20.8. The molecule has 5 rings (SSSR count). The number of fused-ring (bicyclic) bond motifs is 1. The molecule has 2 aromatic heterocycles. The zero-order valence-corrected chi connectivity index (χ0v) is 20.8. The highest BCUT2D eigenvalue weighted by atomic mass is 19.1. The SMILES string of the molecule is CC/C=C(\C#N)C(=O)N1CCC[C@@H](n2nc(-c3ccc(Oc4ccccc4)cc3F)c3c(N)ncnc32)C1. The minimum Gasteiger partial charge on any atom is -0.457 e. The number of nitrogens with zero attached hydrogens (tertiary/aromatic N) is 6. The molecule has 38 heavy (non-hydrogen) atoms.